The summed E-state index contributed by atoms with van der Waals surface area (Å²) < 4.78 is 62.6. The molecule has 3 heterocycles. The summed E-state index contributed by atoms with van der Waals surface area (Å²) in [7, 11) is -3.99. The molecule has 0 aliphatic carbocycles. The van der Waals surface area contributed by atoms with Gasteiger partial charge in [-0.25, -0.2) is 0 Å². The summed E-state index contributed by atoms with van der Waals surface area (Å²) in [4.78, 5) is 0. The predicted octanol–water partition coefficient (Wildman–Crippen LogP) is 4.66. The highest BCUT2D eigenvalue weighted by Crippen LogP contribution is 2.57. The van der Waals surface area contributed by atoms with Crippen molar-refractivity contribution >= 4 is 7.60 Å². The van der Waals surface area contributed by atoms with Crippen molar-refractivity contribution in [2.75, 3.05) is 13.2 Å². The van der Waals surface area contributed by atoms with Gasteiger partial charge in [-0.1, -0.05) is 30.3 Å². The van der Waals surface area contributed by atoms with Crippen LogP contribution in [0.25, 0.3) is 0 Å². The van der Waals surface area contributed by atoms with Gasteiger partial charge >= 0.3 is 7.60 Å². The van der Waals surface area contributed by atoms with Gasteiger partial charge in [0.05, 0.1) is 32.0 Å². The van der Waals surface area contributed by atoms with Crippen LogP contribution >= 0.6 is 7.60 Å². The van der Waals surface area contributed by atoms with Crippen molar-refractivity contribution in [3.63, 3.8) is 0 Å². The third-order valence-electron chi connectivity index (χ3n) is 6.49. The van der Waals surface area contributed by atoms with Gasteiger partial charge in [-0.3, -0.25) is 4.57 Å². The van der Waals surface area contributed by atoms with E-state index >= 15 is 0 Å². The summed E-state index contributed by atoms with van der Waals surface area (Å²) in [5, 5.41) is 12.6. The van der Waals surface area contributed by atoms with Crippen molar-refractivity contribution < 1.29 is 47.2 Å². The van der Waals surface area contributed by atoms with E-state index in [0.717, 1.165) is 10.6 Å². The molecule has 3 aliphatic rings. The zero-order chi connectivity index (χ0) is 28.6. The molecule has 1 aromatic rings. The minimum Gasteiger partial charge on any atom is -0.374 e. The normalized spacial score (nSPS) is 30.9. The minimum absolute atomic E-state index is 0.162. The molecule has 0 amide bonds. The lowest BCUT2D eigenvalue weighted by Crippen LogP contribution is -2.50. The minimum atomic E-state index is -3.99. The van der Waals surface area contributed by atoms with Gasteiger partial charge in [0.15, 0.2) is 23.6 Å². The second-order valence-corrected chi connectivity index (χ2v) is 13.7. The Bertz CT molecular complexity index is 976. The van der Waals surface area contributed by atoms with E-state index in [4.69, 9.17) is 37.5 Å². The van der Waals surface area contributed by atoms with Crippen LogP contribution in [0.1, 0.15) is 61.0 Å². The first-order valence-electron chi connectivity index (χ1n) is 13.6. The second-order valence-electron chi connectivity index (χ2n) is 11.6. The quantitative estimate of drug-likeness (QED) is 0.278. The van der Waals surface area contributed by atoms with Gasteiger partial charge < -0.3 is 42.7 Å². The Kier molecular flexibility index (Phi) is 9.63. The molecule has 0 saturated carbocycles. The Morgan fingerprint density at radius 3 is 2.13 bits per heavy atom. The molecule has 222 valence electrons. The Morgan fingerprint density at radius 1 is 0.949 bits per heavy atom. The third-order valence-corrected chi connectivity index (χ3v) is 9.03. The number of hydroxylamine groups is 2. The lowest BCUT2D eigenvalue weighted by molar-refractivity contribution is -0.280. The SMILES string of the molecule is CC(C)OP(=O)(OC(C)C)[C@@H](COCc1ccccc1)N(O)[C@H]1O[C@H]([C@H]2COC(C)(C)O2)[C@@H]2OC(C)(C)O[C@@H]21. The average molecular weight is 574 g/mol. The average Bonchev–Trinajstić information content (AvgIpc) is 3.44. The second kappa shape index (κ2) is 12.1. The highest BCUT2D eigenvalue weighted by atomic mass is 31.2. The Hall–Kier alpha value is -0.950. The summed E-state index contributed by atoms with van der Waals surface area (Å²) in [6.45, 7) is 14.6. The van der Waals surface area contributed by atoms with Gasteiger partial charge in [-0.2, -0.15) is 0 Å². The number of nitrogens with zero attached hydrogens (tertiary/aromatic N) is 1. The zero-order valence-corrected chi connectivity index (χ0v) is 25.0. The molecule has 12 heteroatoms. The summed E-state index contributed by atoms with van der Waals surface area (Å²) in [5.74, 6) is -2.94. The predicted molar refractivity (Wildman–Crippen MR) is 141 cm³/mol. The number of hydrogen-bond acceptors (Lipinski definition) is 11. The number of benzene rings is 1. The molecule has 11 nitrogen and oxygen atoms in total. The molecule has 0 aromatic heterocycles. The summed E-state index contributed by atoms with van der Waals surface area (Å²) in [5.41, 5.74) is 0.928. The molecule has 4 rings (SSSR count). The maximum atomic E-state index is 14.3. The van der Waals surface area contributed by atoms with E-state index < -0.39 is 67.8 Å². The Labute approximate surface area is 231 Å². The van der Waals surface area contributed by atoms with Crippen LogP contribution in [0.3, 0.4) is 0 Å². The van der Waals surface area contributed by atoms with Crippen molar-refractivity contribution in [3.8, 4) is 0 Å². The fourth-order valence-electron chi connectivity index (χ4n) is 5.09. The molecule has 0 bridgehead atoms. The summed E-state index contributed by atoms with van der Waals surface area (Å²) in [6.07, 6.45) is -4.31. The van der Waals surface area contributed by atoms with E-state index in [-0.39, 0.29) is 19.8 Å². The van der Waals surface area contributed by atoms with E-state index in [1.165, 1.54) is 0 Å². The van der Waals surface area contributed by atoms with Crippen LogP contribution in [-0.2, 0) is 48.6 Å². The maximum absolute atomic E-state index is 14.3. The fourth-order valence-corrected chi connectivity index (χ4v) is 7.30. The molecule has 0 unspecified atom stereocenters. The van der Waals surface area contributed by atoms with Gasteiger partial charge in [-0.15, -0.1) is 5.06 Å². The molecule has 39 heavy (non-hydrogen) atoms. The smallest absolute Gasteiger partial charge is 0.353 e. The number of hydrogen-bond donors (Lipinski definition) is 1. The van der Waals surface area contributed by atoms with E-state index in [1.807, 2.05) is 44.2 Å². The van der Waals surface area contributed by atoms with E-state index in [9.17, 15) is 9.77 Å². The number of rotatable bonds is 12. The van der Waals surface area contributed by atoms with E-state index in [0.29, 0.717) is 0 Å². The molecule has 0 radical (unpaired) electrons. The Morgan fingerprint density at radius 2 is 1.56 bits per heavy atom. The van der Waals surface area contributed by atoms with Crippen LogP contribution in [0.2, 0.25) is 0 Å². The van der Waals surface area contributed by atoms with Gasteiger partial charge in [0.1, 0.15) is 24.4 Å². The van der Waals surface area contributed by atoms with Crippen LogP contribution < -0.4 is 0 Å². The van der Waals surface area contributed by atoms with Crippen molar-refractivity contribution in [2.24, 2.45) is 0 Å². The highest BCUT2D eigenvalue weighted by Gasteiger charge is 2.62. The lowest BCUT2D eigenvalue weighted by Gasteiger charge is -2.37. The first kappa shape index (κ1) is 31.0. The van der Waals surface area contributed by atoms with Crippen LogP contribution in [0.5, 0.6) is 0 Å². The van der Waals surface area contributed by atoms with Crippen molar-refractivity contribution in [1.29, 1.82) is 0 Å². The molecule has 1 N–H and O–H groups in total. The molecule has 3 saturated heterocycles. The highest BCUT2D eigenvalue weighted by molar-refractivity contribution is 7.54. The van der Waals surface area contributed by atoms with Gasteiger partial charge in [0.2, 0.25) is 0 Å². The zero-order valence-electron chi connectivity index (χ0n) is 24.1. The maximum Gasteiger partial charge on any atom is 0.353 e. The molecular formula is C27H44NO10P. The van der Waals surface area contributed by atoms with Gasteiger partial charge in [0, 0.05) is 0 Å². The molecule has 0 spiro atoms. The summed E-state index contributed by atoms with van der Waals surface area (Å²) >= 11 is 0. The van der Waals surface area contributed by atoms with Crippen molar-refractivity contribution in [1.82, 2.24) is 5.06 Å². The van der Waals surface area contributed by atoms with E-state index in [1.54, 1.807) is 41.5 Å². The lowest BCUT2D eigenvalue weighted by atomic mass is 10.1. The monoisotopic (exact) mass is 573 g/mol. The fraction of sp³-hybridized carbons (Fsp3) is 0.778. The largest absolute Gasteiger partial charge is 0.374 e. The van der Waals surface area contributed by atoms with Gasteiger partial charge in [-0.05, 0) is 61.0 Å². The van der Waals surface area contributed by atoms with E-state index in [2.05, 4.69) is 0 Å². The Balaban J connectivity index is 1.61. The molecular weight excluding hydrogens is 529 g/mol. The first-order valence-corrected chi connectivity index (χ1v) is 15.2. The van der Waals surface area contributed by atoms with Crippen molar-refractivity contribution in [2.45, 2.75) is 122 Å². The third kappa shape index (κ3) is 7.47. The molecule has 3 aliphatic heterocycles. The topological polar surface area (TPSA) is 114 Å². The molecule has 6 atom stereocenters. The molecule has 3 fully saturated rings. The summed E-state index contributed by atoms with van der Waals surface area (Å²) in [6, 6.07) is 9.58. The van der Waals surface area contributed by atoms with Crippen LogP contribution in [0.4, 0.5) is 0 Å². The number of fused-ring (bicyclic) bond motifs is 1. The first-order chi connectivity index (χ1) is 18.2. The van der Waals surface area contributed by atoms with Crippen LogP contribution in [0, 0.1) is 0 Å². The number of ether oxygens (including phenoxy) is 6. The molecule has 1 aromatic carbocycles. The standard InChI is InChI=1S/C27H44NO10P/c1-17(2)37-39(30,38-18(3)4)21(16-31-14-19-12-10-9-11-13-19)28(29)25-24-23(35-27(7,8)36-24)22(33-25)20-15-32-26(5,6)34-20/h9-13,17-18,20-25,29H,14-16H2,1-8H3/t20-,21+,22-,23+,24+,25+/m1/s1. The van der Waals surface area contributed by atoms with Crippen molar-refractivity contribution in [3.05, 3.63) is 35.9 Å². The van der Waals surface area contributed by atoms with Gasteiger partial charge in [0.25, 0.3) is 0 Å². The van der Waals surface area contributed by atoms with Crippen LogP contribution in [0.15, 0.2) is 30.3 Å². The van der Waals surface area contributed by atoms with Crippen LogP contribution in [-0.4, -0.2) is 83.7 Å².